The van der Waals surface area contributed by atoms with Gasteiger partial charge in [-0.1, -0.05) is 32.3 Å². The van der Waals surface area contributed by atoms with Crippen molar-refractivity contribution in [3.63, 3.8) is 0 Å². The largest absolute Gasteiger partial charge is 0.481 e. The van der Waals surface area contributed by atoms with Crippen molar-refractivity contribution in [3.05, 3.63) is 12.2 Å². The number of aliphatic hydroxyl groups is 1. The third-order valence-corrected chi connectivity index (χ3v) is 3.92. The van der Waals surface area contributed by atoms with Crippen LogP contribution < -0.4 is 10.6 Å². The zero-order chi connectivity index (χ0) is 23.2. The number of hydrogen-bond donors (Lipinski definition) is 4. The van der Waals surface area contributed by atoms with E-state index >= 15 is 0 Å². The highest BCUT2D eigenvalue weighted by Gasteiger charge is 2.35. The standard InChI is InChI=1S/C17H30N2O6.C4H8/c1-11(2)7-5-6-8-14(22)19-12(10-20)15(23)18-9-13(21)17(3,4)16(24)25;1-4(2)3/h11-12,20H,5-10H2,1-4H3,(H,18,23)(H,19,22)(H,24,25);1H2,2-3H3. The fourth-order valence-corrected chi connectivity index (χ4v) is 1.93. The fourth-order valence-electron chi connectivity index (χ4n) is 1.93. The SMILES string of the molecule is C=C(C)C.CC(C)CCCCC(=O)NC(CO)C(=O)NCC(=O)C(C)(C)C(=O)O. The van der Waals surface area contributed by atoms with E-state index in [0.29, 0.717) is 12.3 Å². The number of nitrogens with one attached hydrogen (secondary N) is 2. The van der Waals surface area contributed by atoms with Gasteiger partial charge in [0.05, 0.1) is 13.2 Å². The molecule has 0 aliphatic carbocycles. The van der Waals surface area contributed by atoms with Gasteiger partial charge in [-0.25, -0.2) is 0 Å². The molecule has 29 heavy (non-hydrogen) atoms. The van der Waals surface area contributed by atoms with E-state index in [2.05, 4.69) is 31.1 Å². The molecule has 0 aromatic carbocycles. The summed E-state index contributed by atoms with van der Waals surface area (Å²) in [7, 11) is 0. The van der Waals surface area contributed by atoms with E-state index in [1.807, 2.05) is 13.8 Å². The van der Waals surface area contributed by atoms with E-state index in [4.69, 9.17) is 5.11 Å². The number of unbranched alkanes of at least 4 members (excludes halogenated alkanes) is 1. The highest BCUT2D eigenvalue weighted by atomic mass is 16.4. The number of aliphatic hydroxyl groups excluding tert-OH is 1. The van der Waals surface area contributed by atoms with Crippen LogP contribution in [0.1, 0.15) is 67.2 Å². The van der Waals surface area contributed by atoms with Crippen molar-refractivity contribution in [2.45, 2.75) is 73.3 Å². The molecule has 0 radical (unpaired) electrons. The van der Waals surface area contributed by atoms with Crippen LogP contribution in [0.3, 0.4) is 0 Å². The molecule has 0 saturated carbocycles. The number of Topliss-reactive ketones (excluding diaryl/α,β-unsaturated/α-hetero) is 1. The fraction of sp³-hybridized carbons (Fsp3) is 0.714. The summed E-state index contributed by atoms with van der Waals surface area (Å²) in [6.07, 6.45) is 2.86. The molecule has 1 unspecified atom stereocenters. The first-order chi connectivity index (χ1) is 13.2. The summed E-state index contributed by atoms with van der Waals surface area (Å²) in [6.45, 7) is 13.1. The molecular formula is C21H38N2O6. The lowest BCUT2D eigenvalue weighted by molar-refractivity contribution is -0.152. The number of allylic oxidation sites excluding steroid dienone is 1. The van der Waals surface area contributed by atoms with Crippen molar-refractivity contribution in [2.24, 2.45) is 11.3 Å². The number of rotatable bonds is 12. The topological polar surface area (TPSA) is 133 Å². The van der Waals surface area contributed by atoms with Gasteiger partial charge in [0.1, 0.15) is 11.5 Å². The molecule has 2 amide bonds. The maximum absolute atomic E-state index is 11.9. The lowest BCUT2D eigenvalue weighted by atomic mass is 9.88. The minimum atomic E-state index is -1.62. The van der Waals surface area contributed by atoms with Crippen LogP contribution in [0.5, 0.6) is 0 Å². The average Bonchev–Trinajstić information content (AvgIpc) is 2.59. The lowest BCUT2D eigenvalue weighted by Gasteiger charge is -2.20. The van der Waals surface area contributed by atoms with Crippen molar-refractivity contribution >= 4 is 23.6 Å². The number of amides is 2. The molecule has 0 aromatic heterocycles. The summed E-state index contributed by atoms with van der Waals surface area (Å²) < 4.78 is 0. The van der Waals surface area contributed by atoms with E-state index in [1.165, 1.54) is 19.4 Å². The smallest absolute Gasteiger partial charge is 0.316 e. The van der Waals surface area contributed by atoms with Gasteiger partial charge in [-0.05, 0) is 40.0 Å². The van der Waals surface area contributed by atoms with Crippen molar-refractivity contribution in [1.82, 2.24) is 10.6 Å². The average molecular weight is 415 g/mol. The van der Waals surface area contributed by atoms with Gasteiger partial charge in [-0.15, -0.1) is 6.58 Å². The Kier molecular flexibility index (Phi) is 14.7. The lowest BCUT2D eigenvalue weighted by Crippen LogP contribution is -2.51. The van der Waals surface area contributed by atoms with Crippen molar-refractivity contribution < 1.29 is 29.4 Å². The summed E-state index contributed by atoms with van der Waals surface area (Å²) in [5, 5.41) is 22.9. The Bertz CT molecular complexity index is 566. The molecule has 0 aliphatic heterocycles. The Morgan fingerprint density at radius 1 is 1.07 bits per heavy atom. The Hall–Kier alpha value is -2.22. The molecule has 0 heterocycles. The molecule has 168 valence electrons. The van der Waals surface area contributed by atoms with E-state index in [0.717, 1.165) is 12.8 Å². The molecular weight excluding hydrogens is 376 g/mol. The van der Waals surface area contributed by atoms with E-state index in [-0.39, 0.29) is 12.3 Å². The first-order valence-corrected chi connectivity index (χ1v) is 9.82. The quantitative estimate of drug-likeness (QED) is 0.219. The number of aliphatic carboxylic acids is 1. The Morgan fingerprint density at radius 3 is 2.00 bits per heavy atom. The Labute approximate surface area is 174 Å². The van der Waals surface area contributed by atoms with Gasteiger partial charge in [0.25, 0.3) is 0 Å². The second-order valence-electron chi connectivity index (χ2n) is 8.22. The van der Waals surface area contributed by atoms with Crippen molar-refractivity contribution in [1.29, 1.82) is 0 Å². The third-order valence-electron chi connectivity index (χ3n) is 3.92. The number of ketones is 1. The van der Waals surface area contributed by atoms with E-state index in [1.54, 1.807) is 0 Å². The predicted molar refractivity (Wildman–Crippen MR) is 112 cm³/mol. The molecule has 1 atom stereocenters. The van der Waals surface area contributed by atoms with Crippen molar-refractivity contribution in [2.75, 3.05) is 13.2 Å². The normalized spacial score (nSPS) is 11.7. The summed E-state index contributed by atoms with van der Waals surface area (Å²) in [4.78, 5) is 46.6. The number of carbonyl (C=O) groups excluding carboxylic acids is 3. The van der Waals surface area contributed by atoms with Gasteiger partial charge in [0.15, 0.2) is 5.78 Å². The maximum Gasteiger partial charge on any atom is 0.316 e. The van der Waals surface area contributed by atoms with Crippen LogP contribution in [-0.4, -0.2) is 53.0 Å². The molecule has 0 fully saturated rings. The van der Waals surface area contributed by atoms with Gasteiger partial charge in [0, 0.05) is 6.42 Å². The number of hydrogen-bond acceptors (Lipinski definition) is 5. The summed E-state index contributed by atoms with van der Waals surface area (Å²) in [6, 6.07) is -1.17. The number of carboxylic acid groups (broad SMARTS) is 1. The van der Waals surface area contributed by atoms with Crippen LogP contribution in [0.4, 0.5) is 0 Å². The molecule has 0 spiro atoms. The van der Waals surface area contributed by atoms with Crippen LogP contribution >= 0.6 is 0 Å². The first kappa shape index (κ1) is 29.0. The minimum Gasteiger partial charge on any atom is -0.481 e. The maximum atomic E-state index is 11.9. The van der Waals surface area contributed by atoms with Gasteiger partial charge in [-0.3, -0.25) is 19.2 Å². The minimum absolute atomic E-state index is 0.251. The van der Waals surface area contributed by atoms with E-state index in [9.17, 15) is 24.3 Å². The summed E-state index contributed by atoms with van der Waals surface area (Å²) >= 11 is 0. The van der Waals surface area contributed by atoms with Gasteiger partial charge in [-0.2, -0.15) is 0 Å². The Morgan fingerprint density at radius 2 is 1.59 bits per heavy atom. The molecule has 0 bridgehead atoms. The zero-order valence-corrected chi connectivity index (χ0v) is 18.6. The second kappa shape index (κ2) is 14.7. The molecule has 4 N–H and O–H groups in total. The predicted octanol–water partition coefficient (Wildman–Crippen LogP) is 2.06. The highest BCUT2D eigenvalue weighted by Crippen LogP contribution is 2.16. The number of carbonyl (C=O) groups is 4. The van der Waals surface area contributed by atoms with Crippen molar-refractivity contribution in [3.8, 4) is 0 Å². The molecule has 0 aromatic rings. The molecule has 0 saturated heterocycles. The second-order valence-corrected chi connectivity index (χ2v) is 8.22. The van der Waals surface area contributed by atoms with Crippen LogP contribution in [0.25, 0.3) is 0 Å². The molecule has 0 aliphatic rings. The summed E-state index contributed by atoms with van der Waals surface area (Å²) in [5.74, 6) is -2.49. The van der Waals surface area contributed by atoms with Gasteiger partial charge >= 0.3 is 5.97 Å². The highest BCUT2D eigenvalue weighted by molar-refractivity contribution is 6.04. The van der Waals surface area contributed by atoms with Gasteiger partial charge < -0.3 is 20.8 Å². The molecule has 0 rings (SSSR count). The van der Waals surface area contributed by atoms with Crippen LogP contribution in [-0.2, 0) is 19.2 Å². The Balaban J connectivity index is 0. The third kappa shape index (κ3) is 14.4. The molecule has 8 nitrogen and oxygen atoms in total. The molecule has 8 heteroatoms. The first-order valence-electron chi connectivity index (χ1n) is 9.82. The monoisotopic (exact) mass is 414 g/mol. The van der Waals surface area contributed by atoms with Crippen LogP contribution in [0.15, 0.2) is 12.2 Å². The summed E-state index contributed by atoms with van der Waals surface area (Å²) in [5.41, 5.74) is -0.457. The van der Waals surface area contributed by atoms with E-state index < -0.39 is 42.3 Å². The van der Waals surface area contributed by atoms with Crippen LogP contribution in [0, 0.1) is 11.3 Å². The zero-order valence-electron chi connectivity index (χ0n) is 18.6. The number of carboxylic acids is 1. The van der Waals surface area contributed by atoms with Crippen LogP contribution in [0.2, 0.25) is 0 Å². The van der Waals surface area contributed by atoms with Gasteiger partial charge in [0.2, 0.25) is 11.8 Å².